The number of rotatable bonds is 2. The van der Waals surface area contributed by atoms with Crippen molar-refractivity contribution in [1.82, 2.24) is 9.97 Å². The first-order valence-electron chi connectivity index (χ1n) is 7.05. The van der Waals surface area contributed by atoms with Crippen molar-refractivity contribution < 1.29 is 4.74 Å². The Labute approximate surface area is 127 Å². The van der Waals surface area contributed by atoms with Gasteiger partial charge in [-0.2, -0.15) is 0 Å². The van der Waals surface area contributed by atoms with Crippen LogP contribution in [0.4, 0.5) is 5.82 Å². The fourth-order valence-electron chi connectivity index (χ4n) is 2.56. The van der Waals surface area contributed by atoms with Crippen molar-refractivity contribution in [2.24, 2.45) is 0 Å². The highest BCUT2D eigenvalue weighted by Gasteiger charge is 2.19. The van der Waals surface area contributed by atoms with Gasteiger partial charge in [0.25, 0.3) is 0 Å². The molecule has 21 heavy (non-hydrogen) atoms. The Bertz CT molecular complexity index is 751. The summed E-state index contributed by atoms with van der Waals surface area (Å²) in [6, 6.07) is 12.2. The van der Waals surface area contributed by atoms with Gasteiger partial charge in [0.2, 0.25) is 0 Å². The highest BCUT2D eigenvalue weighted by molar-refractivity contribution is 7.13. The molecule has 0 unspecified atom stereocenters. The van der Waals surface area contributed by atoms with E-state index in [-0.39, 0.29) is 0 Å². The summed E-state index contributed by atoms with van der Waals surface area (Å²) in [5, 5.41) is 2.08. The molecule has 1 aromatic carbocycles. The van der Waals surface area contributed by atoms with Crippen LogP contribution >= 0.6 is 11.3 Å². The summed E-state index contributed by atoms with van der Waals surface area (Å²) in [6.07, 6.45) is 0. The van der Waals surface area contributed by atoms with Crippen LogP contribution in [0.2, 0.25) is 0 Å². The van der Waals surface area contributed by atoms with Gasteiger partial charge in [0, 0.05) is 13.1 Å². The minimum absolute atomic E-state index is 0.748. The van der Waals surface area contributed by atoms with E-state index >= 15 is 0 Å². The zero-order valence-corrected chi connectivity index (χ0v) is 12.3. The van der Waals surface area contributed by atoms with Crippen LogP contribution in [0.25, 0.3) is 21.6 Å². The number of morpholine rings is 1. The van der Waals surface area contributed by atoms with Gasteiger partial charge >= 0.3 is 0 Å². The van der Waals surface area contributed by atoms with E-state index < -0.39 is 0 Å². The van der Waals surface area contributed by atoms with Crippen molar-refractivity contribution in [2.75, 3.05) is 31.2 Å². The van der Waals surface area contributed by atoms with Crippen molar-refractivity contribution in [3.63, 3.8) is 0 Å². The number of fused-ring (bicyclic) bond motifs is 1. The Kier molecular flexibility index (Phi) is 3.29. The molecular weight excluding hydrogens is 282 g/mol. The minimum Gasteiger partial charge on any atom is -0.378 e. The number of nitrogens with zero attached hydrogens (tertiary/aromatic N) is 3. The third-order valence-electron chi connectivity index (χ3n) is 3.62. The van der Waals surface area contributed by atoms with E-state index in [1.165, 1.54) is 0 Å². The monoisotopic (exact) mass is 297 g/mol. The molecule has 0 atom stereocenters. The number of aromatic nitrogens is 2. The molecule has 3 aromatic rings. The van der Waals surface area contributed by atoms with Crippen molar-refractivity contribution in [2.45, 2.75) is 0 Å². The predicted molar refractivity (Wildman–Crippen MR) is 85.9 cm³/mol. The molecule has 0 aliphatic carbocycles. The third-order valence-corrected chi connectivity index (χ3v) is 4.49. The number of anilines is 1. The van der Waals surface area contributed by atoms with Crippen LogP contribution in [-0.4, -0.2) is 36.3 Å². The maximum Gasteiger partial charge on any atom is 0.156 e. The Balaban J connectivity index is 1.90. The minimum atomic E-state index is 0.748. The molecule has 5 heteroatoms. The van der Waals surface area contributed by atoms with E-state index in [0.717, 1.165) is 53.7 Å². The molecule has 1 aliphatic rings. The van der Waals surface area contributed by atoms with Gasteiger partial charge in [0.05, 0.1) is 29.1 Å². The second-order valence-corrected chi connectivity index (χ2v) is 5.91. The fraction of sp³-hybridized carbons (Fsp3) is 0.250. The molecule has 4 rings (SSSR count). The molecule has 1 aliphatic heterocycles. The first-order chi connectivity index (χ1) is 10.4. The summed E-state index contributed by atoms with van der Waals surface area (Å²) >= 11 is 1.70. The lowest BCUT2D eigenvalue weighted by atomic mass is 10.2. The van der Waals surface area contributed by atoms with E-state index in [4.69, 9.17) is 14.7 Å². The summed E-state index contributed by atoms with van der Waals surface area (Å²) in [5.41, 5.74) is 2.86. The first-order valence-corrected chi connectivity index (χ1v) is 7.93. The smallest absolute Gasteiger partial charge is 0.156 e. The molecule has 2 aromatic heterocycles. The zero-order valence-electron chi connectivity index (χ0n) is 11.5. The number of ether oxygens (including phenoxy) is 1. The Morgan fingerprint density at radius 1 is 0.952 bits per heavy atom. The van der Waals surface area contributed by atoms with E-state index in [0.29, 0.717) is 0 Å². The Morgan fingerprint density at radius 3 is 2.43 bits per heavy atom. The van der Waals surface area contributed by atoms with Gasteiger partial charge in [-0.25, -0.2) is 9.97 Å². The topological polar surface area (TPSA) is 38.2 Å². The second kappa shape index (κ2) is 5.42. The van der Waals surface area contributed by atoms with Gasteiger partial charge in [-0.3, -0.25) is 0 Å². The van der Waals surface area contributed by atoms with Crippen LogP contribution in [0.5, 0.6) is 0 Å². The normalized spacial score (nSPS) is 15.5. The fourth-order valence-corrected chi connectivity index (χ4v) is 3.27. The van der Waals surface area contributed by atoms with Gasteiger partial charge in [-0.15, -0.1) is 11.3 Å². The molecule has 0 saturated carbocycles. The summed E-state index contributed by atoms with van der Waals surface area (Å²) in [7, 11) is 0. The highest BCUT2D eigenvalue weighted by atomic mass is 32.1. The maximum atomic E-state index is 5.45. The van der Waals surface area contributed by atoms with E-state index in [9.17, 15) is 0 Å². The molecule has 0 amide bonds. The van der Waals surface area contributed by atoms with Crippen LogP contribution in [-0.2, 0) is 4.74 Å². The second-order valence-electron chi connectivity index (χ2n) is 4.96. The number of thiophene rings is 1. The lowest BCUT2D eigenvalue weighted by Gasteiger charge is -2.29. The zero-order chi connectivity index (χ0) is 14.1. The third kappa shape index (κ3) is 2.39. The summed E-state index contributed by atoms with van der Waals surface area (Å²) in [4.78, 5) is 13.2. The number of para-hydroxylation sites is 2. The molecule has 0 bridgehead atoms. The van der Waals surface area contributed by atoms with Crippen LogP contribution in [0, 0.1) is 0 Å². The Morgan fingerprint density at radius 2 is 1.71 bits per heavy atom. The van der Waals surface area contributed by atoms with Crippen LogP contribution < -0.4 is 4.90 Å². The van der Waals surface area contributed by atoms with Gasteiger partial charge in [-0.1, -0.05) is 18.2 Å². The predicted octanol–water partition coefficient (Wildman–Crippen LogP) is 3.19. The number of benzene rings is 1. The molecule has 3 heterocycles. The highest BCUT2D eigenvalue weighted by Crippen LogP contribution is 2.32. The quantitative estimate of drug-likeness (QED) is 0.728. The van der Waals surface area contributed by atoms with E-state index in [1.807, 2.05) is 24.3 Å². The first kappa shape index (κ1) is 12.7. The molecule has 1 saturated heterocycles. The van der Waals surface area contributed by atoms with Crippen LogP contribution in [0.15, 0.2) is 41.8 Å². The molecule has 0 radical (unpaired) electrons. The molecular formula is C16H15N3OS. The van der Waals surface area contributed by atoms with Crippen molar-refractivity contribution >= 4 is 28.2 Å². The number of hydrogen-bond donors (Lipinski definition) is 0. The van der Waals surface area contributed by atoms with Crippen molar-refractivity contribution in [3.05, 3.63) is 41.8 Å². The van der Waals surface area contributed by atoms with Crippen LogP contribution in [0.1, 0.15) is 0 Å². The van der Waals surface area contributed by atoms with Gasteiger partial charge in [0.15, 0.2) is 5.82 Å². The standard InChI is InChI=1S/C16H15N3OS/c1-2-5-13-12(4-1)17-15(14-6-3-11-21-14)16(18-13)19-7-9-20-10-8-19/h1-6,11H,7-10H2. The molecule has 1 fully saturated rings. The van der Waals surface area contributed by atoms with Crippen LogP contribution in [0.3, 0.4) is 0 Å². The molecule has 0 spiro atoms. The Hall–Kier alpha value is -1.98. The number of hydrogen-bond acceptors (Lipinski definition) is 5. The lowest BCUT2D eigenvalue weighted by molar-refractivity contribution is 0.122. The largest absolute Gasteiger partial charge is 0.378 e. The van der Waals surface area contributed by atoms with Crippen molar-refractivity contribution in [3.8, 4) is 10.6 Å². The maximum absolute atomic E-state index is 5.45. The molecule has 106 valence electrons. The van der Waals surface area contributed by atoms with E-state index in [1.54, 1.807) is 11.3 Å². The van der Waals surface area contributed by atoms with E-state index in [2.05, 4.69) is 22.4 Å². The van der Waals surface area contributed by atoms with Gasteiger partial charge in [0.1, 0.15) is 5.69 Å². The summed E-state index contributed by atoms with van der Waals surface area (Å²) in [6.45, 7) is 3.23. The molecule has 0 N–H and O–H groups in total. The van der Waals surface area contributed by atoms with Gasteiger partial charge < -0.3 is 9.64 Å². The average Bonchev–Trinajstić information content (AvgIpc) is 3.09. The lowest BCUT2D eigenvalue weighted by Crippen LogP contribution is -2.37. The van der Waals surface area contributed by atoms with Crippen molar-refractivity contribution in [1.29, 1.82) is 0 Å². The summed E-state index contributed by atoms with van der Waals surface area (Å²) < 4.78 is 5.45. The average molecular weight is 297 g/mol. The molecule has 4 nitrogen and oxygen atoms in total. The SMILES string of the molecule is c1csc(-c2nc3ccccc3nc2N2CCOCC2)c1. The summed E-state index contributed by atoms with van der Waals surface area (Å²) in [5.74, 6) is 0.972. The van der Waals surface area contributed by atoms with Gasteiger partial charge in [-0.05, 0) is 23.6 Å².